The van der Waals surface area contributed by atoms with Crippen LogP contribution in [0, 0.1) is 0 Å². The molecule has 4 fully saturated rings. The molecule has 4 aliphatic heterocycles. The van der Waals surface area contributed by atoms with Gasteiger partial charge >= 0.3 is 0 Å². The van der Waals surface area contributed by atoms with Gasteiger partial charge in [-0.15, -0.1) is 0 Å². The second kappa shape index (κ2) is 11.3. The summed E-state index contributed by atoms with van der Waals surface area (Å²) in [4.78, 5) is 29.5. The molecule has 272 valence electrons. The highest BCUT2D eigenvalue weighted by Gasteiger charge is 2.77. The third kappa shape index (κ3) is 3.73. The molecule has 2 saturated carbocycles. The zero-order valence-corrected chi connectivity index (χ0v) is 27.1. The van der Waals surface area contributed by atoms with Gasteiger partial charge in [0.15, 0.2) is 23.8 Å². The van der Waals surface area contributed by atoms with Gasteiger partial charge in [-0.2, -0.15) is 0 Å². The lowest BCUT2D eigenvalue weighted by Gasteiger charge is -2.63. The molecule has 4 bridgehead atoms. The number of piperidine rings is 2. The summed E-state index contributed by atoms with van der Waals surface area (Å²) in [6.45, 7) is 1.11. The molecular weight excluding hydrogens is 644 g/mol. The molecule has 2 aromatic carbocycles. The number of benzene rings is 2. The van der Waals surface area contributed by atoms with Crippen molar-refractivity contribution in [1.82, 2.24) is 9.80 Å². The summed E-state index contributed by atoms with van der Waals surface area (Å²) in [5, 5.41) is 64.3. The molecule has 10 atom stereocenters. The lowest BCUT2D eigenvalue weighted by atomic mass is 9.48. The predicted octanol–water partition coefficient (Wildman–Crippen LogP) is 0.278. The van der Waals surface area contributed by atoms with Crippen molar-refractivity contribution in [3.63, 3.8) is 0 Å². The minimum absolute atomic E-state index is 0. The Morgan fingerprint density at radius 1 is 0.680 bits per heavy atom. The largest absolute Gasteiger partial charge is 0.481 e. The number of ether oxygens (including phenoxy) is 2. The molecule has 12 heteroatoms. The van der Waals surface area contributed by atoms with Crippen LogP contribution in [-0.2, 0) is 46.5 Å². The summed E-state index contributed by atoms with van der Waals surface area (Å²) in [5.41, 5.74) is 0.422. The summed E-state index contributed by atoms with van der Waals surface area (Å²) in [5.74, 6) is 0.764. The first kappa shape index (κ1) is 35.5. The summed E-state index contributed by atoms with van der Waals surface area (Å²) >= 11 is 0. The number of hydrogen-bond donors (Lipinski definition) is 6. The first-order valence-electron chi connectivity index (χ1n) is 17.0. The third-order valence-corrected chi connectivity index (χ3v) is 13.7. The maximum atomic E-state index is 12.7. The van der Waals surface area contributed by atoms with Crippen molar-refractivity contribution in [3.05, 3.63) is 57.6 Å². The molecule has 0 aromatic heterocycles. The van der Waals surface area contributed by atoms with E-state index in [1.807, 2.05) is 38.4 Å². The highest BCUT2D eigenvalue weighted by atomic mass is 16.5. The Morgan fingerprint density at radius 2 is 1.06 bits per heavy atom. The molecule has 0 amide bonds. The number of likely N-dealkylation sites (N-methyl/N-ethyl adjacent to an activating group) is 2. The molecule has 0 unspecified atom stereocenters. The van der Waals surface area contributed by atoms with E-state index in [9.17, 15) is 40.2 Å². The van der Waals surface area contributed by atoms with Gasteiger partial charge in [0.05, 0.1) is 36.3 Å². The lowest BCUT2D eigenvalue weighted by Crippen LogP contribution is -2.80. The molecule has 12 nitrogen and oxygen atoms in total. The molecule has 0 radical (unpaired) electrons. The van der Waals surface area contributed by atoms with Crippen LogP contribution in [0.1, 0.15) is 73.9 Å². The van der Waals surface area contributed by atoms with Crippen LogP contribution in [0.3, 0.4) is 0 Å². The SMILES string of the molecule is C.C.CN1CC[C@]23c4c5ccc(CO)c4O[C@H]2C(=O)C[C@@H](O)[C@@]3(O)[C@H]1C5.CN1CC[C@]23c4c5ccc(CO)c4O[C@H]2C(=O)C[C@H](O)[C@@]3(O)[C@H]1C5. The van der Waals surface area contributed by atoms with E-state index in [0.29, 0.717) is 48.3 Å². The average Bonchev–Trinajstić information content (AvgIpc) is 3.61. The number of Topliss-reactive ketones (excluding diaryl/α,β-unsaturated/α-hetero) is 2. The molecule has 2 saturated heterocycles. The molecule has 8 aliphatic rings. The van der Waals surface area contributed by atoms with Gasteiger partial charge in [-0.25, -0.2) is 0 Å². The Bertz CT molecular complexity index is 1660. The third-order valence-electron chi connectivity index (χ3n) is 13.7. The van der Waals surface area contributed by atoms with E-state index in [2.05, 4.69) is 9.80 Å². The summed E-state index contributed by atoms with van der Waals surface area (Å²) < 4.78 is 12.1. The summed E-state index contributed by atoms with van der Waals surface area (Å²) in [7, 11) is 3.91. The van der Waals surface area contributed by atoms with E-state index in [1.54, 1.807) is 0 Å². The average molecular weight is 695 g/mol. The van der Waals surface area contributed by atoms with E-state index in [0.717, 1.165) is 35.3 Å². The van der Waals surface area contributed by atoms with Crippen LogP contribution in [0.5, 0.6) is 11.5 Å². The number of hydrogen-bond acceptors (Lipinski definition) is 12. The van der Waals surface area contributed by atoms with Crippen LogP contribution in [0.2, 0.25) is 0 Å². The van der Waals surface area contributed by atoms with Crippen LogP contribution in [0.25, 0.3) is 0 Å². The zero-order chi connectivity index (χ0) is 33.7. The highest BCUT2D eigenvalue weighted by Crippen LogP contribution is 2.65. The topological polar surface area (TPSA) is 180 Å². The van der Waals surface area contributed by atoms with Crippen LogP contribution in [-0.4, -0.2) is 127 Å². The van der Waals surface area contributed by atoms with E-state index >= 15 is 0 Å². The van der Waals surface area contributed by atoms with Gasteiger partial charge in [0.1, 0.15) is 22.7 Å². The quantitative estimate of drug-likeness (QED) is 0.253. The second-order valence-electron chi connectivity index (χ2n) is 15.4. The number of carbonyl (C=O) groups is 2. The van der Waals surface area contributed by atoms with Gasteiger partial charge in [0.25, 0.3) is 0 Å². The van der Waals surface area contributed by atoms with Crippen molar-refractivity contribution >= 4 is 11.6 Å². The maximum Gasteiger partial charge on any atom is 0.177 e. The number of rotatable bonds is 2. The second-order valence-corrected chi connectivity index (χ2v) is 15.4. The molecule has 6 N–H and O–H groups in total. The van der Waals surface area contributed by atoms with Gasteiger partial charge in [-0.05, 0) is 64.0 Å². The Labute approximate surface area is 292 Å². The number of ketones is 2. The van der Waals surface area contributed by atoms with Crippen molar-refractivity contribution in [2.24, 2.45) is 0 Å². The van der Waals surface area contributed by atoms with Crippen molar-refractivity contribution in [2.75, 3.05) is 27.2 Å². The van der Waals surface area contributed by atoms with Crippen molar-refractivity contribution < 1.29 is 49.7 Å². The number of aliphatic hydroxyl groups is 6. The zero-order valence-electron chi connectivity index (χ0n) is 27.1. The van der Waals surface area contributed by atoms with Crippen LogP contribution in [0.4, 0.5) is 0 Å². The Kier molecular flexibility index (Phi) is 8.00. The fourth-order valence-electron chi connectivity index (χ4n) is 11.6. The Balaban J connectivity index is 0.000000151. The maximum absolute atomic E-state index is 12.7. The predicted molar refractivity (Wildman–Crippen MR) is 181 cm³/mol. The highest BCUT2D eigenvalue weighted by molar-refractivity contribution is 5.91. The fourth-order valence-corrected chi connectivity index (χ4v) is 11.6. The molecule has 10 rings (SSSR count). The van der Waals surface area contributed by atoms with Gasteiger partial charge < -0.3 is 49.9 Å². The van der Waals surface area contributed by atoms with E-state index < -0.39 is 46.4 Å². The Morgan fingerprint density at radius 3 is 1.42 bits per heavy atom. The minimum Gasteiger partial charge on any atom is -0.481 e. The van der Waals surface area contributed by atoms with Gasteiger partial charge in [0, 0.05) is 47.2 Å². The first-order valence-corrected chi connectivity index (χ1v) is 17.0. The smallest absolute Gasteiger partial charge is 0.177 e. The molecule has 4 heterocycles. The van der Waals surface area contributed by atoms with Crippen LogP contribution < -0.4 is 9.47 Å². The molecular formula is C38H50N2O10. The monoisotopic (exact) mass is 694 g/mol. The number of likely N-dealkylation sites (tertiary alicyclic amines) is 2. The van der Waals surface area contributed by atoms with E-state index in [1.165, 1.54) is 0 Å². The number of carbonyl (C=O) groups excluding carboxylic acids is 2. The summed E-state index contributed by atoms with van der Waals surface area (Å²) in [6.07, 6.45) is -1.63. The van der Waals surface area contributed by atoms with Crippen molar-refractivity contribution in [3.8, 4) is 11.5 Å². The molecule has 2 spiro atoms. The summed E-state index contributed by atoms with van der Waals surface area (Å²) in [6, 6.07) is 7.11. The minimum atomic E-state index is -1.41. The van der Waals surface area contributed by atoms with Crippen molar-refractivity contribution in [2.45, 2.75) is 125 Å². The lowest BCUT2D eigenvalue weighted by molar-refractivity contribution is -0.226. The fraction of sp³-hybridized carbons (Fsp3) is 0.632. The van der Waals surface area contributed by atoms with E-state index in [4.69, 9.17) is 9.47 Å². The number of nitrogens with zero attached hydrogens (tertiary/aromatic N) is 2. The standard InChI is InChI=1S/2C18H21NO5.2CH4/c2*1-19-5-4-17-14-9-2-3-10(8-20)15(14)24-16(17)11(21)7-13(22)18(17,23)12(19)6-9;;/h2*2-3,12-13,16,20,22-23H,4-8H2,1H3;2*1H4/t12-,13+,16+,17+,18+;12-,13-,16+,17+,18+;;/m11../s1. The van der Waals surface area contributed by atoms with Gasteiger partial charge in [0.2, 0.25) is 0 Å². The van der Waals surface area contributed by atoms with Crippen molar-refractivity contribution in [1.29, 1.82) is 0 Å². The van der Waals surface area contributed by atoms with Crippen LogP contribution >= 0.6 is 0 Å². The Hall–Kier alpha value is -2.94. The van der Waals surface area contributed by atoms with Gasteiger partial charge in [-0.1, -0.05) is 39.1 Å². The molecule has 50 heavy (non-hydrogen) atoms. The van der Waals surface area contributed by atoms with Gasteiger partial charge in [-0.3, -0.25) is 9.59 Å². The van der Waals surface area contributed by atoms with E-state index in [-0.39, 0.29) is 64.6 Å². The molecule has 4 aliphatic carbocycles. The molecule has 2 aromatic rings. The van der Waals surface area contributed by atoms with Crippen LogP contribution in [0.15, 0.2) is 24.3 Å². The first-order chi connectivity index (χ1) is 22.9. The number of aliphatic hydroxyl groups excluding tert-OH is 4. The normalized spacial score (nSPS) is 41.0.